The quantitative estimate of drug-likeness (QED) is 0.801. The van der Waals surface area contributed by atoms with Gasteiger partial charge in [0, 0.05) is 17.0 Å². The molecule has 1 heterocycles. The number of aromatic nitrogens is 2. The molecule has 0 saturated carbocycles. The second kappa shape index (κ2) is 6.79. The molecule has 0 spiro atoms. The van der Waals surface area contributed by atoms with E-state index in [1.807, 2.05) is 40.7 Å². The SMILES string of the molecule is Cc1cc(C)nc([C@@H](C#N)C(=O)c2ccc(OC(C)(C)C)cc2)n1. The highest BCUT2D eigenvalue weighted by atomic mass is 16.5. The van der Waals surface area contributed by atoms with Crippen molar-refractivity contribution < 1.29 is 9.53 Å². The Labute approximate surface area is 142 Å². The molecule has 0 fully saturated rings. The molecule has 1 atom stereocenters. The molecule has 0 unspecified atom stereocenters. The van der Waals surface area contributed by atoms with Crippen molar-refractivity contribution in [2.45, 2.75) is 46.1 Å². The van der Waals surface area contributed by atoms with Crippen LogP contribution in [0.15, 0.2) is 30.3 Å². The van der Waals surface area contributed by atoms with E-state index in [-0.39, 0.29) is 17.2 Å². The highest BCUT2D eigenvalue weighted by molar-refractivity contribution is 6.02. The molecule has 2 rings (SSSR count). The third-order valence-electron chi connectivity index (χ3n) is 3.21. The standard InChI is InChI=1S/C19H21N3O2/c1-12-10-13(2)22-18(21-12)16(11-20)17(23)14-6-8-15(9-7-14)24-19(3,4)5/h6-10,16H,1-5H3/t16-/m0/s1. The van der Waals surface area contributed by atoms with Gasteiger partial charge in [-0.1, -0.05) is 0 Å². The van der Waals surface area contributed by atoms with Gasteiger partial charge in [-0.25, -0.2) is 9.97 Å². The van der Waals surface area contributed by atoms with Crippen molar-refractivity contribution in [3.05, 3.63) is 53.1 Å². The topological polar surface area (TPSA) is 75.9 Å². The molecule has 0 N–H and O–H groups in total. The second-order valence-corrected chi connectivity index (χ2v) is 6.67. The summed E-state index contributed by atoms with van der Waals surface area (Å²) in [5, 5.41) is 9.42. The van der Waals surface area contributed by atoms with E-state index in [0.29, 0.717) is 11.3 Å². The Morgan fingerprint density at radius 3 is 2.12 bits per heavy atom. The van der Waals surface area contributed by atoms with Crippen molar-refractivity contribution in [1.29, 1.82) is 5.26 Å². The molecule has 0 amide bonds. The lowest BCUT2D eigenvalue weighted by Gasteiger charge is -2.21. The number of hydrogen-bond acceptors (Lipinski definition) is 5. The average Bonchev–Trinajstić information content (AvgIpc) is 2.46. The van der Waals surface area contributed by atoms with E-state index < -0.39 is 5.92 Å². The lowest BCUT2D eigenvalue weighted by molar-refractivity contribution is 0.0976. The molecule has 2 aromatic rings. The number of Topliss-reactive ketones (excluding diaryl/α,β-unsaturated/α-hetero) is 1. The number of carbonyl (C=O) groups excluding carboxylic acids is 1. The molecule has 0 bridgehead atoms. The van der Waals surface area contributed by atoms with Crippen molar-refractivity contribution in [2.75, 3.05) is 0 Å². The normalized spacial score (nSPS) is 12.3. The third kappa shape index (κ3) is 4.39. The number of nitriles is 1. The zero-order valence-electron chi connectivity index (χ0n) is 14.6. The molecule has 0 aliphatic heterocycles. The second-order valence-electron chi connectivity index (χ2n) is 6.67. The van der Waals surface area contributed by atoms with Gasteiger partial charge in [-0.2, -0.15) is 5.26 Å². The maximum atomic E-state index is 12.7. The van der Waals surface area contributed by atoms with Crippen LogP contribution in [-0.2, 0) is 0 Å². The van der Waals surface area contributed by atoms with Crippen LogP contribution in [0.3, 0.4) is 0 Å². The van der Waals surface area contributed by atoms with E-state index in [1.165, 1.54) is 0 Å². The molecular formula is C19H21N3O2. The van der Waals surface area contributed by atoms with Crippen molar-refractivity contribution in [1.82, 2.24) is 9.97 Å². The Morgan fingerprint density at radius 1 is 1.12 bits per heavy atom. The van der Waals surface area contributed by atoms with Crippen LogP contribution in [0.25, 0.3) is 0 Å². The average molecular weight is 323 g/mol. The maximum Gasteiger partial charge on any atom is 0.187 e. The first-order chi connectivity index (χ1) is 11.2. The van der Waals surface area contributed by atoms with Crippen LogP contribution in [0.1, 0.15) is 54.3 Å². The number of ketones is 1. The number of aryl methyl sites for hydroxylation is 2. The fourth-order valence-corrected chi connectivity index (χ4v) is 2.32. The first kappa shape index (κ1) is 17.6. The summed E-state index contributed by atoms with van der Waals surface area (Å²) in [6.07, 6.45) is 0. The van der Waals surface area contributed by atoms with Gasteiger partial charge >= 0.3 is 0 Å². The van der Waals surface area contributed by atoms with Gasteiger partial charge in [0.25, 0.3) is 0 Å². The Morgan fingerprint density at radius 2 is 1.67 bits per heavy atom. The number of benzene rings is 1. The summed E-state index contributed by atoms with van der Waals surface area (Å²) in [6.45, 7) is 9.49. The van der Waals surface area contributed by atoms with Crippen LogP contribution in [-0.4, -0.2) is 21.4 Å². The lowest BCUT2D eigenvalue weighted by Crippen LogP contribution is -2.23. The third-order valence-corrected chi connectivity index (χ3v) is 3.21. The molecule has 0 saturated heterocycles. The largest absolute Gasteiger partial charge is 0.488 e. The fourth-order valence-electron chi connectivity index (χ4n) is 2.32. The van der Waals surface area contributed by atoms with Crippen LogP contribution in [0.5, 0.6) is 5.75 Å². The molecule has 24 heavy (non-hydrogen) atoms. The van der Waals surface area contributed by atoms with Crippen molar-refractivity contribution in [3.63, 3.8) is 0 Å². The minimum absolute atomic E-state index is 0.245. The predicted octanol–water partition coefficient (Wildman–Crippen LogP) is 3.76. The van der Waals surface area contributed by atoms with Crippen molar-refractivity contribution in [2.24, 2.45) is 0 Å². The number of hydrogen-bond donors (Lipinski definition) is 0. The maximum absolute atomic E-state index is 12.7. The minimum atomic E-state index is -1.02. The van der Waals surface area contributed by atoms with Crippen LogP contribution < -0.4 is 4.74 Å². The highest BCUT2D eigenvalue weighted by Gasteiger charge is 2.25. The molecule has 0 aliphatic rings. The van der Waals surface area contributed by atoms with Crippen LogP contribution in [0.2, 0.25) is 0 Å². The zero-order valence-corrected chi connectivity index (χ0v) is 14.6. The van der Waals surface area contributed by atoms with Gasteiger partial charge in [0.1, 0.15) is 11.4 Å². The first-order valence-electron chi connectivity index (χ1n) is 7.75. The summed E-state index contributed by atoms with van der Waals surface area (Å²) in [6, 6.07) is 10.6. The van der Waals surface area contributed by atoms with E-state index in [1.54, 1.807) is 30.3 Å². The summed E-state index contributed by atoms with van der Waals surface area (Å²) in [7, 11) is 0. The molecular weight excluding hydrogens is 302 g/mol. The van der Waals surface area contributed by atoms with Crippen molar-refractivity contribution >= 4 is 5.78 Å². The highest BCUT2D eigenvalue weighted by Crippen LogP contribution is 2.22. The van der Waals surface area contributed by atoms with Crippen LogP contribution in [0.4, 0.5) is 0 Å². The minimum Gasteiger partial charge on any atom is -0.488 e. The van der Waals surface area contributed by atoms with Crippen LogP contribution >= 0.6 is 0 Å². The van der Waals surface area contributed by atoms with Gasteiger partial charge < -0.3 is 4.74 Å². The van der Waals surface area contributed by atoms with Gasteiger partial charge in [0.15, 0.2) is 17.5 Å². The Balaban J connectivity index is 2.27. The molecule has 5 nitrogen and oxygen atoms in total. The van der Waals surface area contributed by atoms with Gasteiger partial charge in [-0.15, -0.1) is 0 Å². The fraction of sp³-hybridized carbons (Fsp3) is 0.368. The molecule has 0 aliphatic carbocycles. The van der Waals surface area contributed by atoms with Gasteiger partial charge in [-0.05, 0) is 65.0 Å². The summed E-state index contributed by atoms with van der Waals surface area (Å²) in [5.41, 5.74) is 1.60. The summed E-state index contributed by atoms with van der Waals surface area (Å²) >= 11 is 0. The molecule has 124 valence electrons. The van der Waals surface area contributed by atoms with Crippen molar-refractivity contribution in [3.8, 4) is 11.8 Å². The summed E-state index contributed by atoms with van der Waals surface area (Å²) < 4.78 is 5.74. The Kier molecular flexibility index (Phi) is 4.99. The first-order valence-corrected chi connectivity index (χ1v) is 7.75. The smallest absolute Gasteiger partial charge is 0.187 e. The lowest BCUT2D eigenvalue weighted by atomic mass is 9.97. The predicted molar refractivity (Wildman–Crippen MR) is 91.0 cm³/mol. The van der Waals surface area contributed by atoms with Gasteiger partial charge in [-0.3, -0.25) is 4.79 Å². The molecule has 1 aromatic heterocycles. The van der Waals surface area contributed by atoms with E-state index in [2.05, 4.69) is 9.97 Å². The van der Waals surface area contributed by atoms with Gasteiger partial charge in [0.05, 0.1) is 6.07 Å². The Bertz CT molecular complexity index is 763. The van der Waals surface area contributed by atoms with E-state index in [9.17, 15) is 10.1 Å². The van der Waals surface area contributed by atoms with Crippen LogP contribution in [0, 0.1) is 25.2 Å². The summed E-state index contributed by atoms with van der Waals surface area (Å²) in [4.78, 5) is 21.1. The van der Waals surface area contributed by atoms with E-state index in [0.717, 1.165) is 11.4 Å². The number of ether oxygens (including phenoxy) is 1. The zero-order chi connectivity index (χ0) is 17.9. The number of nitrogens with zero attached hydrogens (tertiary/aromatic N) is 3. The van der Waals surface area contributed by atoms with Gasteiger partial charge in [0.2, 0.25) is 0 Å². The van der Waals surface area contributed by atoms with E-state index >= 15 is 0 Å². The monoisotopic (exact) mass is 323 g/mol. The molecule has 5 heteroatoms. The van der Waals surface area contributed by atoms with E-state index in [4.69, 9.17) is 4.74 Å². The number of rotatable bonds is 4. The molecule has 0 radical (unpaired) electrons. The molecule has 1 aromatic carbocycles. The Hall–Kier alpha value is -2.74. The summed E-state index contributed by atoms with van der Waals surface area (Å²) in [5.74, 6) is -0.409. The number of carbonyl (C=O) groups is 1.